The molecule has 0 saturated heterocycles. The minimum Gasteiger partial charge on any atom is -0.482 e. The summed E-state index contributed by atoms with van der Waals surface area (Å²) >= 11 is 6.02. The summed E-state index contributed by atoms with van der Waals surface area (Å²) < 4.78 is 5.41. The van der Waals surface area contributed by atoms with Crippen molar-refractivity contribution in [3.05, 3.63) is 34.9 Å². The zero-order valence-electron chi connectivity index (χ0n) is 11.9. The molecule has 1 aromatic carbocycles. The van der Waals surface area contributed by atoms with E-state index in [1.54, 1.807) is 18.2 Å². The minimum absolute atomic E-state index is 0.176. The Morgan fingerprint density at radius 2 is 2.14 bits per heavy atom. The van der Waals surface area contributed by atoms with E-state index in [-0.39, 0.29) is 18.3 Å². The number of benzene rings is 1. The maximum absolute atomic E-state index is 11.6. The molecule has 0 radical (unpaired) electrons. The number of carboxylic acid groups (broad SMARTS) is 1. The van der Waals surface area contributed by atoms with E-state index in [9.17, 15) is 9.59 Å². The fraction of sp³-hybridized carbons (Fsp3) is 0.333. The second-order valence-corrected chi connectivity index (χ2v) is 5.22. The zero-order valence-corrected chi connectivity index (χ0v) is 12.7. The number of carbonyl (C=O) groups excluding carboxylic acids is 1. The van der Waals surface area contributed by atoms with E-state index >= 15 is 0 Å². The summed E-state index contributed by atoms with van der Waals surface area (Å²) in [7, 11) is 0. The zero-order chi connectivity index (χ0) is 15.8. The van der Waals surface area contributed by atoms with Crippen LogP contribution in [0.2, 0.25) is 5.02 Å². The van der Waals surface area contributed by atoms with Gasteiger partial charge in [0.2, 0.25) is 0 Å². The molecule has 6 heteroatoms. The largest absolute Gasteiger partial charge is 0.482 e. The van der Waals surface area contributed by atoms with Gasteiger partial charge >= 0.3 is 5.97 Å². The maximum Gasteiger partial charge on any atom is 0.328 e. The lowest BCUT2D eigenvalue weighted by atomic mass is 10.2. The Balaban J connectivity index is 2.73. The molecule has 5 nitrogen and oxygen atoms in total. The third kappa shape index (κ3) is 6.31. The van der Waals surface area contributed by atoms with Gasteiger partial charge in [0.15, 0.2) is 6.61 Å². The van der Waals surface area contributed by atoms with Crippen LogP contribution in [-0.2, 0) is 9.59 Å². The highest BCUT2D eigenvalue weighted by molar-refractivity contribution is 6.32. The van der Waals surface area contributed by atoms with Gasteiger partial charge in [0.25, 0.3) is 5.91 Å². The summed E-state index contributed by atoms with van der Waals surface area (Å²) in [6.45, 7) is 4.37. The predicted octanol–water partition coefficient (Wildman–Crippen LogP) is 2.59. The van der Waals surface area contributed by atoms with E-state index in [0.29, 0.717) is 23.0 Å². The summed E-state index contributed by atoms with van der Waals surface area (Å²) in [6.07, 6.45) is 2.35. The summed E-state index contributed by atoms with van der Waals surface area (Å²) in [4.78, 5) is 22.2. The molecular weight excluding hydrogens is 294 g/mol. The first kappa shape index (κ1) is 17.0. The summed E-state index contributed by atoms with van der Waals surface area (Å²) in [5, 5.41) is 11.7. The Labute approximate surface area is 128 Å². The Morgan fingerprint density at radius 1 is 1.43 bits per heavy atom. The van der Waals surface area contributed by atoms with Crippen molar-refractivity contribution in [2.45, 2.75) is 13.8 Å². The summed E-state index contributed by atoms with van der Waals surface area (Å²) in [5.74, 6) is -0.688. The number of ether oxygens (including phenoxy) is 1. The van der Waals surface area contributed by atoms with Crippen molar-refractivity contribution in [3.63, 3.8) is 0 Å². The highest BCUT2D eigenvalue weighted by atomic mass is 35.5. The van der Waals surface area contributed by atoms with Crippen LogP contribution in [0.1, 0.15) is 19.4 Å². The second-order valence-electron chi connectivity index (χ2n) is 4.82. The maximum atomic E-state index is 11.6. The van der Waals surface area contributed by atoms with Crippen LogP contribution >= 0.6 is 11.6 Å². The molecule has 0 saturated carbocycles. The number of aliphatic carboxylic acids is 1. The number of para-hydroxylation sites is 1. The SMILES string of the molecule is CC(C)CNC(=O)COc1c(Cl)cccc1/C=C/C(=O)O. The number of amides is 1. The fourth-order valence-corrected chi connectivity index (χ4v) is 1.71. The highest BCUT2D eigenvalue weighted by Gasteiger charge is 2.09. The van der Waals surface area contributed by atoms with E-state index in [0.717, 1.165) is 6.08 Å². The molecular formula is C15H18ClNO4. The van der Waals surface area contributed by atoms with Gasteiger partial charge in [-0.1, -0.05) is 37.6 Å². The van der Waals surface area contributed by atoms with Gasteiger partial charge in [-0.25, -0.2) is 4.79 Å². The molecule has 21 heavy (non-hydrogen) atoms. The van der Waals surface area contributed by atoms with E-state index in [1.807, 2.05) is 13.8 Å². The average Bonchev–Trinajstić information content (AvgIpc) is 2.41. The number of nitrogens with one attached hydrogen (secondary N) is 1. The van der Waals surface area contributed by atoms with Crippen molar-refractivity contribution in [1.29, 1.82) is 0 Å². The van der Waals surface area contributed by atoms with Crippen LogP contribution in [0.3, 0.4) is 0 Å². The molecule has 0 heterocycles. The topological polar surface area (TPSA) is 75.6 Å². The highest BCUT2D eigenvalue weighted by Crippen LogP contribution is 2.29. The molecule has 0 aliphatic rings. The number of hydrogen-bond acceptors (Lipinski definition) is 3. The van der Waals surface area contributed by atoms with Crippen LogP contribution in [0.25, 0.3) is 6.08 Å². The van der Waals surface area contributed by atoms with Gasteiger partial charge in [-0.2, -0.15) is 0 Å². The number of halogens is 1. The lowest BCUT2D eigenvalue weighted by molar-refractivity contribution is -0.131. The second kappa shape index (κ2) is 8.32. The molecule has 1 rings (SSSR count). The Hall–Kier alpha value is -2.01. The average molecular weight is 312 g/mol. The van der Waals surface area contributed by atoms with Gasteiger partial charge in [0.1, 0.15) is 5.75 Å². The molecule has 0 unspecified atom stereocenters. The van der Waals surface area contributed by atoms with Gasteiger partial charge in [0, 0.05) is 18.2 Å². The van der Waals surface area contributed by atoms with Gasteiger partial charge in [0.05, 0.1) is 5.02 Å². The third-order valence-corrected chi connectivity index (χ3v) is 2.76. The smallest absolute Gasteiger partial charge is 0.328 e. The first-order valence-electron chi connectivity index (χ1n) is 6.49. The third-order valence-electron chi connectivity index (χ3n) is 2.46. The van der Waals surface area contributed by atoms with Gasteiger partial charge < -0.3 is 15.2 Å². The molecule has 0 aliphatic heterocycles. The number of carbonyl (C=O) groups is 2. The molecule has 1 aromatic rings. The van der Waals surface area contributed by atoms with E-state index in [2.05, 4.69) is 5.32 Å². The monoisotopic (exact) mass is 311 g/mol. The molecule has 0 spiro atoms. The lowest BCUT2D eigenvalue weighted by Crippen LogP contribution is -2.31. The van der Waals surface area contributed by atoms with E-state index in [4.69, 9.17) is 21.4 Å². The Morgan fingerprint density at radius 3 is 2.76 bits per heavy atom. The van der Waals surface area contributed by atoms with Gasteiger partial charge in [-0.15, -0.1) is 0 Å². The minimum atomic E-state index is -1.07. The van der Waals surface area contributed by atoms with Crippen molar-refractivity contribution in [2.75, 3.05) is 13.2 Å². The Bertz CT molecular complexity index is 540. The Kier molecular flexibility index (Phi) is 6.75. The fourth-order valence-electron chi connectivity index (χ4n) is 1.48. The molecule has 114 valence electrons. The first-order valence-corrected chi connectivity index (χ1v) is 6.87. The van der Waals surface area contributed by atoms with Crippen LogP contribution in [0.15, 0.2) is 24.3 Å². The van der Waals surface area contributed by atoms with Crippen molar-refractivity contribution in [3.8, 4) is 5.75 Å². The molecule has 0 atom stereocenters. The van der Waals surface area contributed by atoms with Crippen molar-refractivity contribution in [2.24, 2.45) is 5.92 Å². The van der Waals surface area contributed by atoms with Crippen molar-refractivity contribution in [1.82, 2.24) is 5.32 Å². The van der Waals surface area contributed by atoms with Crippen LogP contribution in [-0.4, -0.2) is 30.1 Å². The number of rotatable bonds is 7. The van der Waals surface area contributed by atoms with Crippen LogP contribution in [0.5, 0.6) is 5.75 Å². The quantitative estimate of drug-likeness (QED) is 0.759. The normalized spacial score (nSPS) is 10.9. The molecule has 0 bridgehead atoms. The van der Waals surface area contributed by atoms with Crippen molar-refractivity contribution < 1.29 is 19.4 Å². The molecule has 2 N–H and O–H groups in total. The van der Waals surface area contributed by atoms with Crippen LogP contribution < -0.4 is 10.1 Å². The van der Waals surface area contributed by atoms with Crippen LogP contribution in [0.4, 0.5) is 0 Å². The van der Waals surface area contributed by atoms with Gasteiger partial charge in [-0.3, -0.25) is 4.79 Å². The molecule has 0 fully saturated rings. The van der Waals surface area contributed by atoms with E-state index in [1.165, 1.54) is 6.08 Å². The first-order chi connectivity index (χ1) is 9.90. The number of carboxylic acids is 1. The molecule has 0 aliphatic carbocycles. The summed E-state index contributed by atoms with van der Waals surface area (Å²) in [6, 6.07) is 4.95. The molecule has 1 amide bonds. The predicted molar refractivity (Wildman–Crippen MR) is 81.5 cm³/mol. The van der Waals surface area contributed by atoms with Gasteiger partial charge in [-0.05, 0) is 18.1 Å². The number of hydrogen-bond donors (Lipinski definition) is 2. The summed E-state index contributed by atoms with van der Waals surface area (Å²) in [5.41, 5.74) is 0.501. The van der Waals surface area contributed by atoms with Crippen molar-refractivity contribution >= 4 is 29.6 Å². The molecule has 0 aromatic heterocycles. The standard InChI is InChI=1S/C15H18ClNO4/c1-10(2)8-17-13(18)9-21-15-11(6-7-14(19)20)4-3-5-12(15)16/h3-7,10H,8-9H2,1-2H3,(H,17,18)(H,19,20)/b7-6+. The van der Waals surface area contributed by atoms with E-state index < -0.39 is 5.97 Å². The van der Waals surface area contributed by atoms with Crippen LogP contribution in [0, 0.1) is 5.92 Å². The lowest BCUT2D eigenvalue weighted by Gasteiger charge is -2.12.